The smallest absolute Gasteiger partial charge is 0.383 e. The summed E-state index contributed by atoms with van der Waals surface area (Å²) in [5, 5.41) is 2.29. The van der Waals surface area contributed by atoms with E-state index in [0.717, 1.165) is 25.3 Å². The van der Waals surface area contributed by atoms with Crippen molar-refractivity contribution < 1.29 is 27.5 Å². The molecule has 0 unspecified atom stereocenters. The minimum absolute atomic E-state index is 0.155. The fourth-order valence-electron chi connectivity index (χ4n) is 3.62. The molecule has 1 heterocycles. The van der Waals surface area contributed by atoms with Gasteiger partial charge in [0, 0.05) is 18.5 Å². The maximum atomic E-state index is 13.2. The summed E-state index contributed by atoms with van der Waals surface area (Å²) in [5.74, 6) is -0.450. The second-order valence-electron chi connectivity index (χ2n) is 7.72. The molecule has 2 aromatic rings. The molecule has 1 aromatic heterocycles. The molecule has 31 heavy (non-hydrogen) atoms. The van der Waals surface area contributed by atoms with Crippen LogP contribution in [-0.2, 0) is 28.5 Å². The van der Waals surface area contributed by atoms with Gasteiger partial charge in [0.2, 0.25) is 5.91 Å². The van der Waals surface area contributed by atoms with E-state index >= 15 is 0 Å². The van der Waals surface area contributed by atoms with Crippen LogP contribution in [0.1, 0.15) is 39.0 Å². The lowest BCUT2D eigenvalue weighted by Crippen LogP contribution is -2.39. The molecule has 2 amide bonds. The number of hydrogen-bond acceptors (Lipinski definition) is 4. The lowest BCUT2D eigenvalue weighted by molar-refractivity contribution is -0.137. The van der Waals surface area contributed by atoms with E-state index in [1.54, 1.807) is 0 Å². The highest BCUT2D eigenvalue weighted by Crippen LogP contribution is 2.35. The van der Waals surface area contributed by atoms with Gasteiger partial charge in [-0.2, -0.15) is 13.2 Å². The molecule has 0 bridgehead atoms. The number of thiophene rings is 1. The minimum Gasteiger partial charge on any atom is -0.383 e. The summed E-state index contributed by atoms with van der Waals surface area (Å²) >= 11 is 1.43. The highest BCUT2D eigenvalue weighted by molar-refractivity contribution is 7.14. The van der Waals surface area contributed by atoms with E-state index in [4.69, 9.17) is 4.74 Å². The number of anilines is 1. The largest absolute Gasteiger partial charge is 0.418 e. The van der Waals surface area contributed by atoms with Crippen LogP contribution in [0.5, 0.6) is 0 Å². The molecule has 0 radical (unpaired) electrons. The second kappa shape index (κ2) is 9.82. The molecule has 9 heteroatoms. The molecular formula is C22H25F3N2O3S. The molecule has 168 valence electrons. The van der Waals surface area contributed by atoms with E-state index in [0.29, 0.717) is 10.8 Å². The number of hydrogen-bond donors (Lipinski definition) is 1. The Morgan fingerprint density at radius 2 is 2.03 bits per heavy atom. The first-order chi connectivity index (χ1) is 14.7. The molecule has 0 fully saturated rings. The summed E-state index contributed by atoms with van der Waals surface area (Å²) in [6, 6.07) is 6.65. The Balaban J connectivity index is 1.74. The first-order valence-corrected chi connectivity index (χ1v) is 10.9. The molecule has 1 N–H and O–H groups in total. The van der Waals surface area contributed by atoms with Gasteiger partial charge in [-0.25, -0.2) is 0 Å². The summed E-state index contributed by atoms with van der Waals surface area (Å²) in [6.07, 6.45) is -1.66. The zero-order valence-electron chi connectivity index (χ0n) is 17.4. The topological polar surface area (TPSA) is 58.6 Å². The first kappa shape index (κ1) is 23.3. The molecule has 1 aromatic carbocycles. The van der Waals surface area contributed by atoms with Gasteiger partial charge in [0.15, 0.2) is 0 Å². The van der Waals surface area contributed by atoms with Gasteiger partial charge in [-0.1, -0.05) is 19.1 Å². The average molecular weight is 455 g/mol. The van der Waals surface area contributed by atoms with E-state index in [9.17, 15) is 22.8 Å². The molecule has 1 aliphatic carbocycles. The number of para-hydroxylation sites is 1. The number of nitrogens with one attached hydrogen (secondary N) is 1. The van der Waals surface area contributed by atoms with Crippen molar-refractivity contribution in [2.24, 2.45) is 5.92 Å². The number of carbonyl (C=O) groups is 2. The van der Waals surface area contributed by atoms with Crippen LogP contribution < -0.4 is 5.32 Å². The van der Waals surface area contributed by atoms with Gasteiger partial charge >= 0.3 is 6.18 Å². The molecule has 0 saturated heterocycles. The number of halogens is 3. The Labute approximate surface area is 183 Å². The Kier molecular flexibility index (Phi) is 7.38. The number of alkyl halides is 3. The van der Waals surface area contributed by atoms with Gasteiger partial charge in [-0.3, -0.25) is 9.59 Å². The number of methoxy groups -OCH3 is 1. The predicted octanol–water partition coefficient (Wildman–Crippen LogP) is 4.62. The van der Waals surface area contributed by atoms with Crippen LogP contribution >= 0.6 is 11.3 Å². The maximum absolute atomic E-state index is 13.2. The Morgan fingerprint density at radius 1 is 1.29 bits per heavy atom. The highest BCUT2D eigenvalue weighted by Gasteiger charge is 2.34. The van der Waals surface area contributed by atoms with Crippen molar-refractivity contribution in [3.63, 3.8) is 0 Å². The van der Waals surface area contributed by atoms with Gasteiger partial charge in [0.05, 0.1) is 22.7 Å². The molecule has 0 aliphatic heterocycles. The van der Waals surface area contributed by atoms with Crippen molar-refractivity contribution in [1.29, 1.82) is 0 Å². The van der Waals surface area contributed by atoms with Crippen LogP contribution in [0.15, 0.2) is 30.3 Å². The van der Waals surface area contributed by atoms with Crippen molar-refractivity contribution in [3.05, 3.63) is 51.2 Å². The zero-order valence-corrected chi connectivity index (χ0v) is 18.2. The summed E-state index contributed by atoms with van der Waals surface area (Å²) in [6.45, 7) is 2.17. The van der Waals surface area contributed by atoms with E-state index < -0.39 is 17.6 Å². The SMILES string of the molecule is COCCN(CC(=O)Nc1ccccc1C(F)(F)F)C(=O)c1cc2c(s1)CC[C@@H](C)C2. The third-order valence-corrected chi connectivity index (χ3v) is 6.46. The number of rotatable bonds is 7. The maximum Gasteiger partial charge on any atom is 0.418 e. The van der Waals surface area contributed by atoms with E-state index in [1.807, 2.05) is 6.07 Å². The Bertz CT molecular complexity index is 942. The monoisotopic (exact) mass is 454 g/mol. The summed E-state index contributed by atoms with van der Waals surface area (Å²) in [4.78, 5) is 28.7. The number of benzene rings is 1. The summed E-state index contributed by atoms with van der Waals surface area (Å²) < 4.78 is 44.6. The van der Waals surface area contributed by atoms with Crippen molar-refractivity contribution >= 4 is 28.8 Å². The summed E-state index contributed by atoms with van der Waals surface area (Å²) in [5.41, 5.74) is -0.0970. The zero-order chi connectivity index (χ0) is 22.6. The lowest BCUT2D eigenvalue weighted by atomic mass is 9.90. The van der Waals surface area contributed by atoms with E-state index in [1.165, 1.54) is 52.0 Å². The van der Waals surface area contributed by atoms with Crippen molar-refractivity contribution in [3.8, 4) is 0 Å². The number of amides is 2. The van der Waals surface area contributed by atoms with Crippen LogP contribution in [-0.4, -0.2) is 43.5 Å². The highest BCUT2D eigenvalue weighted by atomic mass is 32.1. The van der Waals surface area contributed by atoms with Gasteiger partial charge in [0.1, 0.15) is 6.54 Å². The average Bonchev–Trinajstić information content (AvgIpc) is 3.13. The van der Waals surface area contributed by atoms with Gasteiger partial charge in [-0.05, 0) is 48.9 Å². The van der Waals surface area contributed by atoms with Crippen LogP contribution in [0.3, 0.4) is 0 Å². The molecule has 5 nitrogen and oxygen atoms in total. The number of fused-ring (bicyclic) bond motifs is 1. The normalized spacial score (nSPS) is 16.0. The van der Waals surface area contributed by atoms with Crippen LogP contribution in [0.2, 0.25) is 0 Å². The molecule has 0 saturated carbocycles. The molecule has 1 atom stereocenters. The molecular weight excluding hydrogens is 429 g/mol. The van der Waals surface area contributed by atoms with Crippen molar-refractivity contribution in [1.82, 2.24) is 4.90 Å². The third kappa shape index (κ3) is 5.86. The van der Waals surface area contributed by atoms with Gasteiger partial charge < -0.3 is 15.0 Å². The van der Waals surface area contributed by atoms with Crippen molar-refractivity contribution in [2.45, 2.75) is 32.4 Å². The molecule has 3 rings (SSSR count). The predicted molar refractivity (Wildman–Crippen MR) is 113 cm³/mol. The number of nitrogens with zero attached hydrogens (tertiary/aromatic N) is 1. The molecule has 1 aliphatic rings. The molecule has 0 spiro atoms. The third-order valence-electron chi connectivity index (χ3n) is 5.23. The van der Waals surface area contributed by atoms with E-state index in [-0.39, 0.29) is 31.3 Å². The first-order valence-electron chi connectivity index (χ1n) is 10.0. The van der Waals surface area contributed by atoms with Crippen LogP contribution in [0.25, 0.3) is 0 Å². The Hall–Kier alpha value is -2.39. The lowest BCUT2D eigenvalue weighted by Gasteiger charge is -2.22. The number of carbonyl (C=O) groups excluding carboxylic acids is 2. The van der Waals surface area contributed by atoms with Gasteiger partial charge in [-0.15, -0.1) is 11.3 Å². The van der Waals surface area contributed by atoms with Gasteiger partial charge in [0.25, 0.3) is 5.91 Å². The Morgan fingerprint density at radius 3 is 2.74 bits per heavy atom. The standard InChI is InChI=1S/C22H25F3N2O3S/c1-14-7-8-18-15(11-14)12-19(31-18)21(29)27(9-10-30-2)13-20(28)26-17-6-4-3-5-16(17)22(23,24)25/h3-6,12,14H,7-11,13H2,1-2H3,(H,26,28)/t14-/m1/s1. The number of aryl methyl sites for hydroxylation is 1. The number of ether oxygens (including phenoxy) is 1. The fraction of sp³-hybridized carbons (Fsp3) is 0.455. The fourth-order valence-corrected chi connectivity index (χ4v) is 4.80. The van der Waals surface area contributed by atoms with Crippen molar-refractivity contribution in [2.75, 3.05) is 32.1 Å². The quantitative estimate of drug-likeness (QED) is 0.664. The second-order valence-corrected chi connectivity index (χ2v) is 8.85. The summed E-state index contributed by atoms with van der Waals surface area (Å²) in [7, 11) is 1.48. The van der Waals surface area contributed by atoms with Crippen LogP contribution in [0, 0.1) is 5.92 Å². The minimum atomic E-state index is -4.59. The van der Waals surface area contributed by atoms with E-state index in [2.05, 4.69) is 12.2 Å². The van der Waals surface area contributed by atoms with Crippen LogP contribution in [0.4, 0.5) is 18.9 Å².